The molecule has 1 N–H and O–H groups in total. The van der Waals surface area contributed by atoms with E-state index in [4.69, 9.17) is 11.7 Å². The first-order valence-electron chi connectivity index (χ1n) is 4.89. The molecule has 1 heterocycles. The minimum atomic E-state index is -0.601. The van der Waals surface area contributed by atoms with Gasteiger partial charge in [-0.15, -0.1) is 6.42 Å². The van der Waals surface area contributed by atoms with Crippen LogP contribution in [0.2, 0.25) is 0 Å². The van der Waals surface area contributed by atoms with Crippen LogP contribution in [0.1, 0.15) is 18.9 Å². The van der Waals surface area contributed by atoms with Gasteiger partial charge < -0.3 is 5.32 Å². The molecule has 0 fully saturated rings. The number of nitrogens with zero attached hydrogens (tertiary/aromatic N) is 3. The Bertz CT molecular complexity index is 513. The molecule has 1 aromatic rings. The average molecular weight is 230 g/mol. The summed E-state index contributed by atoms with van der Waals surface area (Å²) in [7, 11) is 0. The molecule has 86 valence electrons. The molecule has 0 aliphatic heterocycles. The van der Waals surface area contributed by atoms with Crippen molar-refractivity contribution >= 4 is 11.5 Å². The highest BCUT2D eigenvalue weighted by molar-refractivity contribution is 5.56. The lowest BCUT2D eigenvalue weighted by atomic mass is 10.2. The van der Waals surface area contributed by atoms with Crippen molar-refractivity contribution in [2.75, 3.05) is 5.32 Å². The third kappa shape index (κ3) is 2.93. The molecule has 0 saturated heterocycles. The van der Waals surface area contributed by atoms with Crippen LogP contribution < -0.4 is 5.32 Å². The van der Waals surface area contributed by atoms with E-state index in [2.05, 4.69) is 16.2 Å². The third-order valence-corrected chi connectivity index (χ3v) is 2.12. The van der Waals surface area contributed by atoms with Gasteiger partial charge in [0.2, 0.25) is 0 Å². The summed E-state index contributed by atoms with van der Waals surface area (Å²) in [5.41, 5.74) is -0.117. The number of pyridine rings is 1. The molecule has 0 aliphatic rings. The highest BCUT2D eigenvalue weighted by Gasteiger charge is 2.13. The standard InChI is InChI=1S/C11H10N4O2/c1-3-9(4-2)14-11-8(6-12)5-10(7-13-11)15(16)17/h1,5,7,9H,4H2,2H3,(H,13,14). The predicted octanol–water partition coefficient (Wildman–Crippen LogP) is 1.69. The van der Waals surface area contributed by atoms with Gasteiger partial charge in [-0.25, -0.2) is 4.98 Å². The van der Waals surface area contributed by atoms with Crippen molar-refractivity contribution in [1.82, 2.24) is 4.98 Å². The van der Waals surface area contributed by atoms with Gasteiger partial charge in [-0.1, -0.05) is 12.8 Å². The molecule has 0 radical (unpaired) electrons. The number of nitriles is 1. The Balaban J connectivity index is 3.07. The van der Waals surface area contributed by atoms with Gasteiger partial charge in [0.15, 0.2) is 0 Å². The second kappa shape index (κ2) is 5.47. The van der Waals surface area contributed by atoms with Gasteiger partial charge in [-0.3, -0.25) is 10.1 Å². The number of hydrogen-bond acceptors (Lipinski definition) is 5. The maximum Gasteiger partial charge on any atom is 0.289 e. The zero-order valence-corrected chi connectivity index (χ0v) is 9.17. The Morgan fingerprint density at radius 2 is 2.47 bits per heavy atom. The van der Waals surface area contributed by atoms with E-state index >= 15 is 0 Å². The molecule has 0 spiro atoms. The Labute approximate surface area is 98.4 Å². The molecule has 17 heavy (non-hydrogen) atoms. The summed E-state index contributed by atoms with van der Waals surface area (Å²) >= 11 is 0. The molecule has 0 amide bonds. The van der Waals surface area contributed by atoms with Crippen LogP contribution >= 0.6 is 0 Å². The normalized spacial score (nSPS) is 11.0. The lowest BCUT2D eigenvalue weighted by Crippen LogP contribution is -2.17. The third-order valence-electron chi connectivity index (χ3n) is 2.12. The van der Waals surface area contributed by atoms with E-state index in [-0.39, 0.29) is 23.1 Å². The minimum Gasteiger partial charge on any atom is -0.355 e. The molecular formula is C11H10N4O2. The van der Waals surface area contributed by atoms with Crippen molar-refractivity contribution < 1.29 is 4.92 Å². The monoisotopic (exact) mass is 230 g/mol. The molecule has 1 rings (SSSR count). The number of anilines is 1. The van der Waals surface area contributed by atoms with Gasteiger partial charge in [0.1, 0.15) is 23.6 Å². The summed E-state index contributed by atoms with van der Waals surface area (Å²) in [4.78, 5) is 13.8. The van der Waals surface area contributed by atoms with E-state index < -0.39 is 4.92 Å². The fraction of sp³-hybridized carbons (Fsp3) is 0.273. The summed E-state index contributed by atoms with van der Waals surface area (Å²) in [5, 5.41) is 22.3. The van der Waals surface area contributed by atoms with Gasteiger partial charge >= 0.3 is 0 Å². The van der Waals surface area contributed by atoms with E-state index in [1.165, 1.54) is 6.07 Å². The van der Waals surface area contributed by atoms with Crippen LogP contribution in [-0.4, -0.2) is 15.9 Å². The first-order chi connectivity index (χ1) is 8.12. The Kier molecular flexibility index (Phi) is 4.02. The number of aromatic nitrogens is 1. The minimum absolute atomic E-state index is 0.105. The van der Waals surface area contributed by atoms with E-state index in [0.29, 0.717) is 6.42 Å². The fourth-order valence-corrected chi connectivity index (χ4v) is 1.18. The molecule has 1 atom stereocenters. The quantitative estimate of drug-likeness (QED) is 0.482. The van der Waals surface area contributed by atoms with Crippen LogP contribution in [0.5, 0.6) is 0 Å². The first-order valence-corrected chi connectivity index (χ1v) is 4.89. The smallest absolute Gasteiger partial charge is 0.289 e. The van der Waals surface area contributed by atoms with Crippen molar-refractivity contribution in [3.05, 3.63) is 27.9 Å². The van der Waals surface area contributed by atoms with Crippen LogP contribution in [0.4, 0.5) is 11.5 Å². The summed E-state index contributed by atoms with van der Waals surface area (Å²) in [5.74, 6) is 2.76. The lowest BCUT2D eigenvalue weighted by molar-refractivity contribution is -0.385. The van der Waals surface area contributed by atoms with Crippen molar-refractivity contribution in [2.45, 2.75) is 19.4 Å². The molecule has 0 bridgehead atoms. The van der Waals surface area contributed by atoms with Gasteiger partial charge in [-0.05, 0) is 6.42 Å². The van der Waals surface area contributed by atoms with Crippen molar-refractivity contribution in [3.8, 4) is 18.4 Å². The largest absolute Gasteiger partial charge is 0.355 e. The van der Waals surface area contributed by atoms with E-state index in [1.807, 2.05) is 13.0 Å². The molecule has 1 aromatic heterocycles. The maximum absolute atomic E-state index is 10.5. The summed E-state index contributed by atoms with van der Waals surface area (Å²) < 4.78 is 0. The number of nitrogens with one attached hydrogen (secondary N) is 1. The van der Waals surface area contributed by atoms with Gasteiger partial charge in [0, 0.05) is 6.07 Å². The molecule has 0 aromatic carbocycles. The van der Waals surface area contributed by atoms with Crippen molar-refractivity contribution in [1.29, 1.82) is 5.26 Å². The first kappa shape index (κ1) is 12.5. The van der Waals surface area contributed by atoms with Crippen LogP contribution in [0, 0.1) is 33.8 Å². The second-order valence-corrected chi connectivity index (χ2v) is 3.23. The van der Waals surface area contributed by atoms with Crippen molar-refractivity contribution in [2.24, 2.45) is 0 Å². The second-order valence-electron chi connectivity index (χ2n) is 3.23. The number of nitro groups is 1. The zero-order valence-electron chi connectivity index (χ0n) is 9.17. The van der Waals surface area contributed by atoms with E-state index in [9.17, 15) is 10.1 Å². The van der Waals surface area contributed by atoms with Crippen LogP contribution in [-0.2, 0) is 0 Å². The SMILES string of the molecule is C#CC(CC)Nc1ncc([N+](=O)[O-])cc1C#N. The van der Waals surface area contributed by atoms with Crippen LogP contribution in [0.15, 0.2) is 12.3 Å². The molecule has 0 aliphatic carbocycles. The van der Waals surface area contributed by atoms with Gasteiger partial charge in [0.05, 0.1) is 11.0 Å². The number of terminal acetylenes is 1. The summed E-state index contributed by atoms with van der Waals surface area (Å²) in [6.45, 7) is 1.88. The average Bonchev–Trinajstić information content (AvgIpc) is 2.35. The van der Waals surface area contributed by atoms with Crippen LogP contribution in [0.3, 0.4) is 0 Å². The lowest BCUT2D eigenvalue weighted by Gasteiger charge is -2.11. The summed E-state index contributed by atoms with van der Waals surface area (Å²) in [6.07, 6.45) is 7.03. The Morgan fingerprint density at radius 1 is 1.76 bits per heavy atom. The summed E-state index contributed by atoms with van der Waals surface area (Å²) in [6, 6.07) is 2.76. The Hall–Kier alpha value is -2.60. The number of hydrogen-bond donors (Lipinski definition) is 1. The Morgan fingerprint density at radius 3 is 2.94 bits per heavy atom. The predicted molar refractivity (Wildman–Crippen MR) is 62.1 cm³/mol. The molecule has 0 saturated carbocycles. The van der Waals surface area contributed by atoms with Crippen molar-refractivity contribution in [3.63, 3.8) is 0 Å². The fourth-order valence-electron chi connectivity index (χ4n) is 1.18. The molecular weight excluding hydrogens is 220 g/mol. The van der Waals surface area contributed by atoms with Gasteiger partial charge in [-0.2, -0.15) is 5.26 Å². The number of rotatable bonds is 4. The van der Waals surface area contributed by atoms with Crippen LogP contribution in [0.25, 0.3) is 0 Å². The van der Waals surface area contributed by atoms with E-state index in [0.717, 1.165) is 6.20 Å². The highest BCUT2D eigenvalue weighted by atomic mass is 16.6. The topological polar surface area (TPSA) is 91.8 Å². The molecule has 6 nitrogen and oxygen atoms in total. The molecule has 6 heteroatoms. The zero-order chi connectivity index (χ0) is 12.8. The molecule has 1 unspecified atom stereocenters. The highest BCUT2D eigenvalue weighted by Crippen LogP contribution is 2.19. The maximum atomic E-state index is 10.5. The van der Waals surface area contributed by atoms with E-state index in [1.54, 1.807) is 0 Å². The van der Waals surface area contributed by atoms with Gasteiger partial charge in [0.25, 0.3) is 5.69 Å².